The first kappa shape index (κ1) is 31.9. The minimum absolute atomic E-state index is 0.631. The Morgan fingerprint density at radius 1 is 0.321 bits per heavy atom. The second-order valence-corrected chi connectivity index (χ2v) is 14.1. The zero-order valence-corrected chi connectivity index (χ0v) is 30.3. The summed E-state index contributed by atoms with van der Waals surface area (Å²) >= 11 is 0. The number of hydrogen-bond acceptors (Lipinski definition) is 4. The lowest BCUT2D eigenvalue weighted by Crippen LogP contribution is -2.13. The molecule has 0 bridgehead atoms. The van der Waals surface area contributed by atoms with Gasteiger partial charge in [-0.15, -0.1) is 0 Å². The fourth-order valence-electron chi connectivity index (χ4n) is 8.08. The van der Waals surface area contributed by atoms with Gasteiger partial charge in [-0.3, -0.25) is 9.47 Å². The first-order valence-corrected chi connectivity index (χ1v) is 18.9. The molecule has 0 N–H and O–H groups in total. The molecule has 1 aliphatic rings. The van der Waals surface area contributed by atoms with Gasteiger partial charge in [0.15, 0.2) is 17.5 Å². The van der Waals surface area contributed by atoms with Crippen molar-refractivity contribution in [2.45, 2.75) is 0 Å². The second-order valence-electron chi connectivity index (χ2n) is 14.1. The van der Waals surface area contributed by atoms with Crippen LogP contribution in [0.5, 0.6) is 0 Å². The topological polar surface area (TPSA) is 46.8 Å². The van der Waals surface area contributed by atoms with Gasteiger partial charge < -0.3 is 0 Å². The molecule has 8 aromatic carbocycles. The number of para-hydroxylation sites is 2. The van der Waals surface area contributed by atoms with E-state index in [-0.39, 0.29) is 0 Å². The van der Waals surface area contributed by atoms with Crippen LogP contribution in [-0.4, -0.2) is 19.5 Å². The average molecular weight is 716 g/mol. The van der Waals surface area contributed by atoms with Gasteiger partial charge in [0.1, 0.15) is 5.82 Å². The highest BCUT2D eigenvalue weighted by Gasteiger charge is 2.28. The third-order valence-corrected chi connectivity index (χ3v) is 10.7. The summed E-state index contributed by atoms with van der Waals surface area (Å²) in [6.45, 7) is 0. The zero-order chi connectivity index (χ0) is 37.0. The lowest BCUT2D eigenvalue weighted by Gasteiger charge is -2.27. The van der Waals surface area contributed by atoms with Crippen LogP contribution >= 0.6 is 0 Å². The lowest BCUT2D eigenvalue weighted by molar-refractivity contribution is 1.07. The highest BCUT2D eigenvalue weighted by atomic mass is 15.3. The Hall–Kier alpha value is -7.63. The van der Waals surface area contributed by atoms with Crippen molar-refractivity contribution in [2.24, 2.45) is 0 Å². The third kappa shape index (κ3) is 5.37. The summed E-state index contributed by atoms with van der Waals surface area (Å²) in [4.78, 5) is 17.4. The molecule has 0 fully saturated rings. The van der Waals surface area contributed by atoms with E-state index >= 15 is 0 Å². The maximum absolute atomic E-state index is 5.02. The fourth-order valence-corrected chi connectivity index (χ4v) is 8.08. The van der Waals surface area contributed by atoms with Crippen molar-refractivity contribution in [2.75, 3.05) is 4.90 Å². The molecule has 5 heteroatoms. The molecule has 1 aliphatic heterocycles. The van der Waals surface area contributed by atoms with Crippen LogP contribution in [0, 0.1) is 0 Å². The van der Waals surface area contributed by atoms with E-state index in [0.717, 1.165) is 50.7 Å². The summed E-state index contributed by atoms with van der Waals surface area (Å²) < 4.78 is 2.41. The molecule has 10 aromatic rings. The normalized spacial score (nSPS) is 11.9. The fraction of sp³-hybridized carbons (Fsp3) is 0. The summed E-state index contributed by atoms with van der Waals surface area (Å²) in [7, 11) is 0. The molecule has 262 valence electrons. The van der Waals surface area contributed by atoms with Crippen molar-refractivity contribution in [1.82, 2.24) is 19.5 Å². The van der Waals surface area contributed by atoms with Crippen molar-refractivity contribution >= 4 is 38.9 Å². The Bertz CT molecular complexity index is 3040. The highest BCUT2D eigenvalue weighted by Crippen LogP contribution is 2.50. The van der Waals surface area contributed by atoms with Gasteiger partial charge in [0, 0.05) is 38.9 Å². The standard InChI is InChI=1S/C51H33N5/c1-3-15-34(16-4-1)49-52-50(35-17-5-2-6-18-35)54-51(53-49)41-24-13-22-36(29-41)37-23-14-25-42(30-37)55-47-32-39-20-8-7-19-38(39)31-44(47)43-26-10-12-28-46(43)56-45-27-11-9-21-40(45)33-48(55)56/h1-33H. The minimum Gasteiger partial charge on any atom is -0.295 e. The molecule has 5 nitrogen and oxygen atoms in total. The van der Waals surface area contributed by atoms with Crippen molar-refractivity contribution in [3.8, 4) is 62.1 Å². The van der Waals surface area contributed by atoms with Crippen LogP contribution in [0.1, 0.15) is 0 Å². The van der Waals surface area contributed by atoms with Gasteiger partial charge in [-0.05, 0) is 70.4 Å². The van der Waals surface area contributed by atoms with Crippen LogP contribution < -0.4 is 4.90 Å². The van der Waals surface area contributed by atoms with Crippen LogP contribution in [0.4, 0.5) is 17.2 Å². The highest BCUT2D eigenvalue weighted by molar-refractivity contribution is 6.04. The Morgan fingerprint density at radius 2 is 0.857 bits per heavy atom. The number of anilines is 3. The van der Waals surface area contributed by atoms with Crippen molar-refractivity contribution in [3.63, 3.8) is 0 Å². The summed E-state index contributed by atoms with van der Waals surface area (Å²) in [5, 5.41) is 3.61. The van der Waals surface area contributed by atoms with E-state index < -0.39 is 0 Å². The van der Waals surface area contributed by atoms with E-state index in [1.165, 1.54) is 32.8 Å². The lowest BCUT2D eigenvalue weighted by atomic mass is 9.96. The van der Waals surface area contributed by atoms with Gasteiger partial charge in [0.05, 0.1) is 16.9 Å². The van der Waals surface area contributed by atoms with Crippen molar-refractivity contribution in [3.05, 3.63) is 200 Å². The second kappa shape index (κ2) is 13.0. The van der Waals surface area contributed by atoms with Crippen molar-refractivity contribution in [1.29, 1.82) is 0 Å². The molecule has 3 heterocycles. The zero-order valence-electron chi connectivity index (χ0n) is 30.3. The molecule has 0 saturated carbocycles. The summed E-state index contributed by atoms with van der Waals surface area (Å²) in [5.74, 6) is 3.01. The molecule has 11 rings (SSSR count). The Morgan fingerprint density at radius 3 is 1.59 bits per heavy atom. The van der Waals surface area contributed by atoms with Gasteiger partial charge in [-0.1, -0.05) is 152 Å². The van der Waals surface area contributed by atoms with Crippen LogP contribution in [0.15, 0.2) is 200 Å². The molecule has 2 aromatic heterocycles. The molecule has 0 atom stereocenters. The molecule has 56 heavy (non-hydrogen) atoms. The Balaban J connectivity index is 1.09. The monoisotopic (exact) mass is 715 g/mol. The number of benzene rings is 8. The van der Waals surface area contributed by atoms with E-state index in [9.17, 15) is 0 Å². The third-order valence-electron chi connectivity index (χ3n) is 10.7. The predicted molar refractivity (Wildman–Crippen MR) is 230 cm³/mol. The molecule has 0 saturated heterocycles. The van der Waals surface area contributed by atoms with Crippen LogP contribution in [0.3, 0.4) is 0 Å². The maximum atomic E-state index is 5.02. The molecule has 0 radical (unpaired) electrons. The van der Waals surface area contributed by atoms with Crippen LogP contribution in [-0.2, 0) is 0 Å². The first-order valence-electron chi connectivity index (χ1n) is 18.9. The number of hydrogen-bond donors (Lipinski definition) is 0. The van der Waals surface area contributed by atoms with E-state index in [1.807, 2.05) is 60.7 Å². The van der Waals surface area contributed by atoms with Gasteiger partial charge in [-0.2, -0.15) is 0 Å². The Kier molecular flexibility index (Phi) is 7.42. The van der Waals surface area contributed by atoms with Gasteiger partial charge >= 0.3 is 0 Å². The first-order chi connectivity index (χ1) is 27.7. The molecule has 0 unspecified atom stereocenters. The molecular weight excluding hydrogens is 683 g/mol. The Labute approximate surface area is 324 Å². The van der Waals surface area contributed by atoms with E-state index in [1.54, 1.807) is 0 Å². The van der Waals surface area contributed by atoms with E-state index in [0.29, 0.717) is 17.5 Å². The SMILES string of the molecule is c1ccc(-c2nc(-c3ccccc3)nc(-c3cccc(-c4cccc(N5c6cc7ccccc7cc6-c6ccccc6-n6c5cc5ccccc56)c4)c3)n2)cc1. The maximum Gasteiger partial charge on any atom is 0.164 e. The number of aromatic nitrogens is 4. The summed E-state index contributed by atoms with van der Waals surface area (Å²) in [6.07, 6.45) is 0. The van der Waals surface area contributed by atoms with Gasteiger partial charge in [-0.25, -0.2) is 15.0 Å². The smallest absolute Gasteiger partial charge is 0.164 e. The molecular formula is C51H33N5. The predicted octanol–water partition coefficient (Wildman–Crippen LogP) is 13.1. The van der Waals surface area contributed by atoms with Gasteiger partial charge in [0.2, 0.25) is 0 Å². The largest absolute Gasteiger partial charge is 0.295 e. The number of fused-ring (bicyclic) bond motifs is 8. The number of nitrogens with zero attached hydrogens (tertiary/aromatic N) is 5. The minimum atomic E-state index is 0.631. The molecule has 0 spiro atoms. The average Bonchev–Trinajstić information content (AvgIpc) is 3.60. The van der Waals surface area contributed by atoms with E-state index in [2.05, 4.69) is 149 Å². The number of rotatable bonds is 5. The molecule has 0 aliphatic carbocycles. The summed E-state index contributed by atoms with van der Waals surface area (Å²) in [5.41, 5.74) is 11.9. The molecule has 0 amide bonds. The van der Waals surface area contributed by atoms with Crippen LogP contribution in [0.2, 0.25) is 0 Å². The van der Waals surface area contributed by atoms with Gasteiger partial charge in [0.25, 0.3) is 0 Å². The van der Waals surface area contributed by atoms with Crippen LogP contribution in [0.25, 0.3) is 83.8 Å². The quantitative estimate of drug-likeness (QED) is 0.178. The summed E-state index contributed by atoms with van der Waals surface area (Å²) in [6, 6.07) is 70.7. The van der Waals surface area contributed by atoms with Crippen molar-refractivity contribution < 1.29 is 0 Å². The van der Waals surface area contributed by atoms with E-state index in [4.69, 9.17) is 15.0 Å².